The van der Waals surface area contributed by atoms with Crippen molar-refractivity contribution in [2.45, 2.75) is 57.8 Å². The van der Waals surface area contributed by atoms with Crippen molar-refractivity contribution in [2.75, 3.05) is 19.8 Å². The van der Waals surface area contributed by atoms with Crippen LogP contribution in [0, 0.1) is 12.8 Å². The SMILES string of the molecule is Cc1cc2cc(-c3cccc(COC4CCCC4)c3)ccc2[nH]1.OCC1CNC(CO)C1. The maximum atomic E-state index is 8.66. The molecule has 0 amide bonds. The van der Waals surface area contributed by atoms with Crippen LogP contribution in [0.25, 0.3) is 22.0 Å². The molecule has 1 saturated carbocycles. The number of hydrogen-bond donors (Lipinski definition) is 4. The highest BCUT2D eigenvalue weighted by molar-refractivity contribution is 5.85. The van der Waals surface area contributed by atoms with Crippen molar-refractivity contribution in [1.82, 2.24) is 10.3 Å². The van der Waals surface area contributed by atoms with E-state index in [-0.39, 0.29) is 19.3 Å². The van der Waals surface area contributed by atoms with Gasteiger partial charge in [0, 0.05) is 35.8 Å². The molecular formula is C27H36N2O3. The average molecular weight is 437 g/mol. The third-order valence-electron chi connectivity index (χ3n) is 6.60. The fourth-order valence-corrected chi connectivity index (χ4v) is 4.75. The molecule has 2 unspecified atom stereocenters. The summed E-state index contributed by atoms with van der Waals surface area (Å²) in [6.45, 7) is 4.10. The molecule has 1 aliphatic heterocycles. The highest BCUT2D eigenvalue weighted by atomic mass is 16.5. The van der Waals surface area contributed by atoms with E-state index in [2.05, 4.69) is 65.8 Å². The van der Waals surface area contributed by atoms with Gasteiger partial charge in [0.15, 0.2) is 0 Å². The van der Waals surface area contributed by atoms with Crippen LogP contribution in [0.4, 0.5) is 0 Å². The molecule has 1 aliphatic carbocycles. The third-order valence-corrected chi connectivity index (χ3v) is 6.60. The van der Waals surface area contributed by atoms with E-state index >= 15 is 0 Å². The molecule has 2 aliphatic rings. The smallest absolute Gasteiger partial charge is 0.0720 e. The predicted octanol–water partition coefficient (Wildman–Crippen LogP) is 4.55. The molecule has 2 atom stereocenters. The van der Waals surface area contributed by atoms with Gasteiger partial charge in [0.1, 0.15) is 0 Å². The van der Waals surface area contributed by atoms with Crippen molar-refractivity contribution in [3.8, 4) is 11.1 Å². The molecule has 0 spiro atoms. The summed E-state index contributed by atoms with van der Waals surface area (Å²) >= 11 is 0. The predicted molar refractivity (Wildman–Crippen MR) is 130 cm³/mol. The fraction of sp³-hybridized carbons (Fsp3) is 0.481. The molecule has 5 heteroatoms. The second-order valence-corrected chi connectivity index (χ2v) is 9.24. The molecule has 5 nitrogen and oxygen atoms in total. The Hall–Kier alpha value is -2.18. The van der Waals surface area contributed by atoms with Crippen molar-refractivity contribution in [3.63, 3.8) is 0 Å². The summed E-state index contributed by atoms with van der Waals surface area (Å²) < 4.78 is 6.05. The Labute approximate surface area is 190 Å². The number of H-pyrrole nitrogens is 1. The van der Waals surface area contributed by atoms with Gasteiger partial charge in [-0.3, -0.25) is 0 Å². The van der Waals surface area contributed by atoms with E-state index in [1.54, 1.807) is 0 Å². The van der Waals surface area contributed by atoms with Crippen LogP contribution in [0.3, 0.4) is 0 Å². The zero-order valence-corrected chi connectivity index (χ0v) is 19.0. The molecule has 2 fully saturated rings. The zero-order valence-electron chi connectivity index (χ0n) is 19.0. The van der Waals surface area contributed by atoms with E-state index in [1.807, 2.05) is 0 Å². The quantitative estimate of drug-likeness (QED) is 0.457. The minimum absolute atomic E-state index is 0.191. The summed E-state index contributed by atoms with van der Waals surface area (Å²) in [4.78, 5) is 3.38. The summed E-state index contributed by atoms with van der Waals surface area (Å²) in [5, 5.41) is 21.7. The van der Waals surface area contributed by atoms with E-state index < -0.39 is 0 Å². The summed E-state index contributed by atoms with van der Waals surface area (Å²) in [6.07, 6.45) is 6.47. The maximum Gasteiger partial charge on any atom is 0.0720 e. The van der Waals surface area contributed by atoms with Crippen molar-refractivity contribution in [1.29, 1.82) is 0 Å². The largest absolute Gasteiger partial charge is 0.396 e. The van der Waals surface area contributed by atoms with Gasteiger partial charge in [-0.2, -0.15) is 0 Å². The van der Waals surface area contributed by atoms with Gasteiger partial charge in [-0.05, 0) is 73.1 Å². The fourth-order valence-electron chi connectivity index (χ4n) is 4.75. The number of aryl methyl sites for hydroxylation is 1. The molecule has 2 aromatic carbocycles. The molecular weight excluding hydrogens is 400 g/mol. The molecule has 1 aromatic heterocycles. The van der Waals surface area contributed by atoms with Crippen LogP contribution in [0.1, 0.15) is 43.4 Å². The minimum atomic E-state index is 0.191. The van der Waals surface area contributed by atoms with Crippen LogP contribution in [-0.4, -0.2) is 47.1 Å². The molecule has 1 saturated heterocycles. The number of ether oxygens (including phenoxy) is 1. The van der Waals surface area contributed by atoms with Gasteiger partial charge < -0.3 is 25.3 Å². The molecule has 5 rings (SSSR count). The number of rotatable bonds is 6. The van der Waals surface area contributed by atoms with Crippen LogP contribution < -0.4 is 5.32 Å². The number of benzene rings is 2. The lowest BCUT2D eigenvalue weighted by atomic mass is 10.0. The van der Waals surface area contributed by atoms with E-state index in [1.165, 1.54) is 59.0 Å². The summed E-state index contributed by atoms with van der Waals surface area (Å²) in [5.41, 5.74) is 6.19. The summed E-state index contributed by atoms with van der Waals surface area (Å²) in [5.74, 6) is 0.363. The Bertz CT molecular complexity index is 983. The first kappa shape index (κ1) is 23.0. The first-order chi connectivity index (χ1) is 15.6. The van der Waals surface area contributed by atoms with Gasteiger partial charge in [0.05, 0.1) is 19.3 Å². The maximum absolute atomic E-state index is 8.66. The third kappa shape index (κ3) is 5.99. The monoisotopic (exact) mass is 436 g/mol. The van der Waals surface area contributed by atoms with Gasteiger partial charge >= 0.3 is 0 Å². The average Bonchev–Trinajstić information content (AvgIpc) is 3.57. The first-order valence-electron chi connectivity index (χ1n) is 11.9. The normalized spacial score (nSPS) is 21.1. The Balaban J connectivity index is 0.000000230. The number of aliphatic hydroxyl groups excluding tert-OH is 2. The van der Waals surface area contributed by atoms with E-state index in [9.17, 15) is 0 Å². The van der Waals surface area contributed by atoms with Crippen LogP contribution in [-0.2, 0) is 11.3 Å². The number of hydrogen-bond acceptors (Lipinski definition) is 4. The van der Waals surface area contributed by atoms with Gasteiger partial charge in [0.25, 0.3) is 0 Å². The highest BCUT2D eigenvalue weighted by Gasteiger charge is 2.21. The van der Waals surface area contributed by atoms with Crippen molar-refractivity contribution < 1.29 is 14.9 Å². The van der Waals surface area contributed by atoms with Gasteiger partial charge in [-0.25, -0.2) is 0 Å². The van der Waals surface area contributed by atoms with Crippen LogP contribution in [0.2, 0.25) is 0 Å². The molecule has 172 valence electrons. The van der Waals surface area contributed by atoms with Crippen LogP contribution in [0.5, 0.6) is 0 Å². The lowest BCUT2D eigenvalue weighted by Crippen LogP contribution is -2.24. The van der Waals surface area contributed by atoms with Crippen molar-refractivity contribution >= 4 is 10.9 Å². The molecule has 2 heterocycles. The Morgan fingerprint density at radius 1 is 0.969 bits per heavy atom. The Kier molecular flexibility index (Phi) is 7.98. The van der Waals surface area contributed by atoms with E-state index in [0.29, 0.717) is 12.0 Å². The Morgan fingerprint density at radius 2 is 1.78 bits per heavy atom. The van der Waals surface area contributed by atoms with Gasteiger partial charge in [-0.15, -0.1) is 0 Å². The molecule has 3 aromatic rings. The lowest BCUT2D eigenvalue weighted by molar-refractivity contribution is 0.0457. The molecule has 0 bridgehead atoms. The first-order valence-corrected chi connectivity index (χ1v) is 11.9. The van der Waals surface area contributed by atoms with E-state index in [0.717, 1.165) is 19.6 Å². The second-order valence-electron chi connectivity index (χ2n) is 9.24. The van der Waals surface area contributed by atoms with Crippen LogP contribution in [0.15, 0.2) is 48.5 Å². The van der Waals surface area contributed by atoms with Crippen molar-refractivity contribution in [2.24, 2.45) is 5.92 Å². The topological polar surface area (TPSA) is 77.5 Å². The number of aliphatic hydroxyl groups is 2. The van der Waals surface area contributed by atoms with Gasteiger partial charge in [-0.1, -0.05) is 37.1 Å². The number of aromatic nitrogens is 1. The second kappa shape index (κ2) is 11.1. The number of nitrogens with one attached hydrogen (secondary N) is 2. The minimum Gasteiger partial charge on any atom is -0.396 e. The highest BCUT2D eigenvalue weighted by Crippen LogP contribution is 2.27. The number of aromatic amines is 1. The van der Waals surface area contributed by atoms with Crippen molar-refractivity contribution in [3.05, 3.63) is 59.8 Å². The van der Waals surface area contributed by atoms with Gasteiger partial charge in [0.2, 0.25) is 0 Å². The summed E-state index contributed by atoms with van der Waals surface area (Å²) in [6, 6.07) is 17.8. The lowest BCUT2D eigenvalue weighted by Gasteiger charge is -2.12. The Morgan fingerprint density at radius 3 is 2.50 bits per heavy atom. The molecule has 0 radical (unpaired) electrons. The zero-order chi connectivity index (χ0) is 22.3. The molecule has 4 N–H and O–H groups in total. The van der Waals surface area contributed by atoms with E-state index in [4.69, 9.17) is 14.9 Å². The number of fused-ring (bicyclic) bond motifs is 1. The van der Waals surface area contributed by atoms with Crippen LogP contribution >= 0.6 is 0 Å². The molecule has 32 heavy (non-hydrogen) atoms. The standard InChI is InChI=1S/C21H23NO.C6H13NO2/c1-15-11-19-13-18(9-10-21(19)22-15)17-6-4-5-16(12-17)14-23-20-7-2-3-8-20;8-3-5-1-6(4-9)7-2-5/h4-6,9-13,20,22H,2-3,7-8,14H2,1H3;5-9H,1-4H2. The summed E-state index contributed by atoms with van der Waals surface area (Å²) in [7, 11) is 0.